The van der Waals surface area contributed by atoms with E-state index in [4.69, 9.17) is 4.98 Å². The van der Waals surface area contributed by atoms with Crippen LogP contribution in [0, 0.1) is 0 Å². The minimum atomic E-state index is -0.204. The van der Waals surface area contributed by atoms with E-state index in [2.05, 4.69) is 29.0 Å². The van der Waals surface area contributed by atoms with E-state index in [-0.39, 0.29) is 11.9 Å². The van der Waals surface area contributed by atoms with E-state index in [9.17, 15) is 4.79 Å². The zero-order valence-electron chi connectivity index (χ0n) is 16.6. The van der Waals surface area contributed by atoms with E-state index in [1.54, 1.807) is 6.07 Å². The molecule has 0 aliphatic heterocycles. The van der Waals surface area contributed by atoms with Crippen LogP contribution in [0.1, 0.15) is 42.9 Å². The summed E-state index contributed by atoms with van der Waals surface area (Å²) in [5.41, 5.74) is 2.32. The standard InChI is InChI=1S/C23H26N4O/c1-4-27(5-2)21-16-20(25-22(26-21)19-14-10-7-11-15-19)23(28)24-17(3)18-12-8-6-9-13-18/h6-17H,4-5H2,1-3H3,(H,24,28). The first kappa shape index (κ1) is 19.5. The highest BCUT2D eigenvalue weighted by Crippen LogP contribution is 2.21. The number of carbonyl (C=O) groups excluding carboxylic acids is 1. The lowest BCUT2D eigenvalue weighted by atomic mass is 10.1. The topological polar surface area (TPSA) is 58.1 Å². The molecule has 0 fully saturated rings. The van der Waals surface area contributed by atoms with Crippen LogP contribution in [0.2, 0.25) is 0 Å². The molecule has 1 aromatic heterocycles. The number of anilines is 1. The Bertz CT molecular complexity index is 908. The van der Waals surface area contributed by atoms with Crippen molar-refractivity contribution < 1.29 is 4.79 Å². The molecule has 5 heteroatoms. The van der Waals surface area contributed by atoms with Gasteiger partial charge >= 0.3 is 0 Å². The molecule has 5 nitrogen and oxygen atoms in total. The van der Waals surface area contributed by atoms with Gasteiger partial charge in [-0.3, -0.25) is 4.79 Å². The third-order valence-corrected chi connectivity index (χ3v) is 4.71. The smallest absolute Gasteiger partial charge is 0.270 e. The molecule has 1 amide bonds. The molecule has 0 saturated carbocycles. The number of aromatic nitrogens is 2. The first-order chi connectivity index (χ1) is 13.6. The maximum absolute atomic E-state index is 12.9. The van der Waals surface area contributed by atoms with Gasteiger partial charge in [0.1, 0.15) is 11.5 Å². The van der Waals surface area contributed by atoms with Crippen LogP contribution in [0.15, 0.2) is 66.7 Å². The summed E-state index contributed by atoms with van der Waals surface area (Å²) in [4.78, 5) is 24.3. The van der Waals surface area contributed by atoms with Crippen molar-refractivity contribution in [2.45, 2.75) is 26.8 Å². The summed E-state index contributed by atoms with van der Waals surface area (Å²) in [6.07, 6.45) is 0. The highest BCUT2D eigenvalue weighted by Gasteiger charge is 2.17. The predicted molar refractivity (Wildman–Crippen MR) is 113 cm³/mol. The molecule has 0 aliphatic rings. The van der Waals surface area contributed by atoms with Gasteiger partial charge in [0.2, 0.25) is 0 Å². The van der Waals surface area contributed by atoms with Crippen molar-refractivity contribution in [2.75, 3.05) is 18.0 Å². The zero-order valence-corrected chi connectivity index (χ0v) is 16.6. The van der Waals surface area contributed by atoms with E-state index < -0.39 is 0 Å². The molecule has 1 atom stereocenters. The highest BCUT2D eigenvalue weighted by atomic mass is 16.1. The Balaban J connectivity index is 1.94. The summed E-state index contributed by atoms with van der Waals surface area (Å²) in [6.45, 7) is 7.74. The van der Waals surface area contributed by atoms with E-state index >= 15 is 0 Å². The van der Waals surface area contributed by atoms with Gasteiger partial charge in [-0.25, -0.2) is 9.97 Å². The van der Waals surface area contributed by atoms with E-state index in [0.717, 1.165) is 30.0 Å². The van der Waals surface area contributed by atoms with Gasteiger partial charge in [-0.05, 0) is 26.3 Å². The van der Waals surface area contributed by atoms with Gasteiger partial charge < -0.3 is 10.2 Å². The van der Waals surface area contributed by atoms with Crippen LogP contribution in [0.4, 0.5) is 5.82 Å². The maximum atomic E-state index is 12.9. The van der Waals surface area contributed by atoms with Gasteiger partial charge in [0, 0.05) is 24.7 Å². The largest absolute Gasteiger partial charge is 0.357 e. The van der Waals surface area contributed by atoms with Crippen molar-refractivity contribution in [1.29, 1.82) is 0 Å². The number of rotatable bonds is 7. The Hall–Kier alpha value is -3.21. The van der Waals surface area contributed by atoms with Crippen molar-refractivity contribution >= 4 is 11.7 Å². The van der Waals surface area contributed by atoms with Crippen LogP contribution in [-0.2, 0) is 0 Å². The molecule has 0 aliphatic carbocycles. The molecule has 1 unspecified atom stereocenters. The monoisotopic (exact) mass is 374 g/mol. The summed E-state index contributed by atoms with van der Waals surface area (Å²) >= 11 is 0. The predicted octanol–water partition coefficient (Wildman–Crippen LogP) is 4.48. The number of hydrogen-bond donors (Lipinski definition) is 1. The minimum Gasteiger partial charge on any atom is -0.357 e. The minimum absolute atomic E-state index is 0.110. The molecule has 0 bridgehead atoms. The fraction of sp³-hybridized carbons (Fsp3) is 0.261. The lowest BCUT2D eigenvalue weighted by Crippen LogP contribution is -2.29. The van der Waals surface area contributed by atoms with Crippen LogP contribution in [0.5, 0.6) is 0 Å². The van der Waals surface area contributed by atoms with Gasteiger partial charge in [0.05, 0.1) is 6.04 Å². The number of carbonyl (C=O) groups is 1. The van der Waals surface area contributed by atoms with Gasteiger partial charge in [-0.2, -0.15) is 0 Å². The first-order valence-electron chi connectivity index (χ1n) is 9.67. The van der Waals surface area contributed by atoms with E-state index in [1.807, 2.05) is 67.6 Å². The summed E-state index contributed by atoms with van der Waals surface area (Å²) in [5, 5.41) is 3.05. The van der Waals surface area contributed by atoms with Crippen molar-refractivity contribution in [2.24, 2.45) is 0 Å². The molecule has 2 aromatic carbocycles. The second kappa shape index (κ2) is 9.13. The second-order valence-electron chi connectivity index (χ2n) is 6.58. The summed E-state index contributed by atoms with van der Waals surface area (Å²) < 4.78 is 0. The van der Waals surface area contributed by atoms with Crippen LogP contribution < -0.4 is 10.2 Å². The van der Waals surface area contributed by atoms with Crippen molar-refractivity contribution in [3.8, 4) is 11.4 Å². The molecule has 3 rings (SSSR count). The third-order valence-electron chi connectivity index (χ3n) is 4.71. The Kier molecular flexibility index (Phi) is 6.37. The van der Waals surface area contributed by atoms with Gasteiger partial charge in [-0.1, -0.05) is 60.7 Å². The van der Waals surface area contributed by atoms with Crippen LogP contribution in [0.25, 0.3) is 11.4 Å². The fourth-order valence-electron chi connectivity index (χ4n) is 3.07. The van der Waals surface area contributed by atoms with Crippen LogP contribution >= 0.6 is 0 Å². The summed E-state index contributed by atoms with van der Waals surface area (Å²) in [5.74, 6) is 1.11. The lowest BCUT2D eigenvalue weighted by molar-refractivity contribution is 0.0935. The molecule has 1 heterocycles. The molecule has 144 valence electrons. The average molecular weight is 374 g/mol. The number of amides is 1. The Morgan fingerprint density at radius 1 is 0.964 bits per heavy atom. The lowest BCUT2D eigenvalue weighted by Gasteiger charge is -2.21. The second-order valence-corrected chi connectivity index (χ2v) is 6.58. The Morgan fingerprint density at radius 2 is 1.57 bits per heavy atom. The SMILES string of the molecule is CCN(CC)c1cc(C(=O)NC(C)c2ccccc2)nc(-c2ccccc2)n1. The van der Waals surface area contributed by atoms with Gasteiger partial charge in [0.15, 0.2) is 5.82 Å². The van der Waals surface area contributed by atoms with Crippen LogP contribution in [-0.4, -0.2) is 29.0 Å². The molecule has 3 aromatic rings. The number of hydrogen-bond acceptors (Lipinski definition) is 4. The molecule has 0 saturated heterocycles. The first-order valence-corrected chi connectivity index (χ1v) is 9.67. The summed E-state index contributed by atoms with van der Waals surface area (Å²) in [7, 11) is 0. The molecular formula is C23H26N4O. The Labute approximate surface area is 166 Å². The van der Waals surface area contributed by atoms with Gasteiger partial charge in [-0.15, -0.1) is 0 Å². The molecule has 1 N–H and O–H groups in total. The normalized spacial score (nSPS) is 11.7. The highest BCUT2D eigenvalue weighted by molar-refractivity contribution is 5.93. The molecular weight excluding hydrogens is 348 g/mol. The van der Waals surface area contributed by atoms with E-state index in [1.165, 1.54) is 0 Å². The molecule has 0 radical (unpaired) electrons. The number of nitrogens with zero attached hydrogens (tertiary/aromatic N) is 3. The number of nitrogens with one attached hydrogen (secondary N) is 1. The van der Waals surface area contributed by atoms with E-state index in [0.29, 0.717) is 11.5 Å². The maximum Gasteiger partial charge on any atom is 0.270 e. The third kappa shape index (κ3) is 4.55. The number of benzene rings is 2. The van der Waals surface area contributed by atoms with Crippen molar-refractivity contribution in [1.82, 2.24) is 15.3 Å². The fourth-order valence-corrected chi connectivity index (χ4v) is 3.07. The quantitative estimate of drug-likeness (QED) is 0.662. The van der Waals surface area contributed by atoms with Crippen molar-refractivity contribution in [3.05, 3.63) is 78.0 Å². The van der Waals surface area contributed by atoms with Crippen LogP contribution in [0.3, 0.4) is 0 Å². The molecule has 28 heavy (non-hydrogen) atoms. The Morgan fingerprint density at radius 3 is 2.18 bits per heavy atom. The zero-order chi connectivity index (χ0) is 19.9. The summed E-state index contributed by atoms with van der Waals surface area (Å²) in [6, 6.07) is 21.3. The average Bonchev–Trinajstić information content (AvgIpc) is 2.75. The molecule has 0 spiro atoms. The van der Waals surface area contributed by atoms with Gasteiger partial charge in [0.25, 0.3) is 5.91 Å². The van der Waals surface area contributed by atoms with Crippen molar-refractivity contribution in [3.63, 3.8) is 0 Å².